The summed E-state index contributed by atoms with van der Waals surface area (Å²) in [6.07, 6.45) is 22.2. The molecule has 0 spiro atoms. The molecule has 55 heavy (non-hydrogen) atoms. The molecule has 0 amide bonds. The third-order valence-corrected chi connectivity index (χ3v) is 16.5. The van der Waals surface area contributed by atoms with Gasteiger partial charge in [-0.15, -0.1) is 13.2 Å². The van der Waals surface area contributed by atoms with Crippen LogP contribution in [-0.2, 0) is 23.9 Å². The standard InChI is InChI=1S/C24H36O4.C24H34O3/c1-5-7-8-13(3)20-14(4)19-12-18(20)11-16(19)10-17-9-15(6-2)21(23(25)26)22(17)24(27)28;1-5-7-8-13(3)20-14(4)19-12-18(20)11-16(19)10-17-9-15(6-2)21-22(17)24(26)27-23(21)25/h6,10,13-15,17-22H,2,5,7-9,11-12H2,1,3-4H3,(H,25,26)(H,27,28);6,10,13-15,17-22H,2,5,7-9,11-12H2,1,3-4H3/b2*16-10+. The van der Waals surface area contributed by atoms with Gasteiger partial charge < -0.3 is 14.9 Å². The third kappa shape index (κ3) is 7.85. The van der Waals surface area contributed by atoms with Crippen molar-refractivity contribution in [1.82, 2.24) is 0 Å². The van der Waals surface area contributed by atoms with Crippen molar-refractivity contribution in [3.05, 3.63) is 48.6 Å². The molecule has 7 heteroatoms. The van der Waals surface area contributed by atoms with Crippen LogP contribution in [0.1, 0.15) is 119 Å². The zero-order valence-corrected chi connectivity index (χ0v) is 34.5. The Hall–Kier alpha value is -2.96. The predicted molar refractivity (Wildman–Crippen MR) is 215 cm³/mol. The number of aliphatic carboxylic acids is 2. The van der Waals surface area contributed by atoms with Crippen LogP contribution in [-0.4, -0.2) is 34.1 Å². The molecule has 7 aliphatic rings. The molecule has 1 heterocycles. The van der Waals surface area contributed by atoms with E-state index >= 15 is 0 Å². The fraction of sp³-hybridized carbons (Fsp3) is 0.750. The lowest BCUT2D eigenvalue weighted by molar-refractivity contribution is -0.154. The first-order valence-electron chi connectivity index (χ1n) is 22.1. The van der Waals surface area contributed by atoms with Gasteiger partial charge in [-0.3, -0.25) is 19.2 Å². The first-order chi connectivity index (χ1) is 26.3. The van der Waals surface area contributed by atoms with Gasteiger partial charge in [-0.1, -0.05) is 116 Å². The molecule has 0 radical (unpaired) electrons. The van der Waals surface area contributed by atoms with Gasteiger partial charge in [-0.2, -0.15) is 0 Å². The molecule has 7 fully saturated rings. The number of carbonyl (C=O) groups excluding carboxylic acids is 2. The van der Waals surface area contributed by atoms with Crippen molar-refractivity contribution in [2.24, 2.45) is 107 Å². The Morgan fingerprint density at radius 3 is 1.53 bits per heavy atom. The molecule has 304 valence electrons. The van der Waals surface area contributed by atoms with Crippen LogP contribution in [0.15, 0.2) is 48.6 Å². The van der Waals surface area contributed by atoms with Crippen molar-refractivity contribution >= 4 is 23.9 Å². The van der Waals surface area contributed by atoms with Gasteiger partial charge in [0, 0.05) is 0 Å². The maximum atomic E-state index is 12.3. The summed E-state index contributed by atoms with van der Waals surface area (Å²) in [5.74, 6) is 2.21. The quantitative estimate of drug-likeness (QED) is 0.103. The summed E-state index contributed by atoms with van der Waals surface area (Å²) in [7, 11) is 0. The molecule has 7 nitrogen and oxygen atoms in total. The van der Waals surface area contributed by atoms with E-state index in [-0.39, 0.29) is 47.4 Å². The number of carboxylic acid groups (broad SMARTS) is 2. The number of esters is 2. The van der Waals surface area contributed by atoms with Crippen LogP contribution in [0.2, 0.25) is 0 Å². The minimum Gasteiger partial charge on any atom is -0.481 e. The Morgan fingerprint density at radius 2 is 1.11 bits per heavy atom. The number of unbranched alkanes of at least 4 members (excludes halogenated alkanes) is 2. The largest absolute Gasteiger partial charge is 0.481 e. The second kappa shape index (κ2) is 17.3. The average Bonchev–Trinajstić information content (AvgIpc) is 4.00. The monoisotopic (exact) mass is 759 g/mol. The Kier molecular flexibility index (Phi) is 13.1. The molecule has 1 saturated heterocycles. The van der Waals surface area contributed by atoms with Crippen molar-refractivity contribution < 1.29 is 34.1 Å². The van der Waals surface area contributed by atoms with Crippen molar-refractivity contribution in [1.29, 1.82) is 0 Å². The zero-order valence-electron chi connectivity index (χ0n) is 34.5. The van der Waals surface area contributed by atoms with E-state index in [1.165, 1.54) is 63.4 Å². The SMILES string of the molecule is C=CC1CC(/C=C2\CC3CC2C(C)C3C(C)CCCC)C(C(=O)O)C1C(=O)O.C=CC1CC(/C=C2\CC3CC2C(C)C3C(C)CCCC)C2C(=O)OC(=O)C12. The summed E-state index contributed by atoms with van der Waals surface area (Å²) in [5, 5.41) is 19.3. The van der Waals surface area contributed by atoms with Crippen molar-refractivity contribution in [3.63, 3.8) is 0 Å². The minimum atomic E-state index is -1.01. The smallest absolute Gasteiger partial charge is 0.318 e. The lowest BCUT2D eigenvalue weighted by Crippen LogP contribution is -2.31. The number of ether oxygens (including phenoxy) is 1. The molecular formula is C48H70O7. The van der Waals surface area contributed by atoms with E-state index in [1.807, 2.05) is 6.08 Å². The van der Waals surface area contributed by atoms with E-state index in [2.05, 4.69) is 66.9 Å². The summed E-state index contributed by atoms with van der Waals surface area (Å²) in [6, 6.07) is 0. The molecule has 18 unspecified atom stereocenters. The number of carboxylic acids is 2. The Labute approximate surface area is 330 Å². The fourth-order valence-electron chi connectivity index (χ4n) is 14.1. The predicted octanol–water partition coefficient (Wildman–Crippen LogP) is 10.4. The minimum absolute atomic E-state index is 0.0774. The van der Waals surface area contributed by atoms with E-state index in [9.17, 15) is 29.4 Å². The van der Waals surface area contributed by atoms with Crippen LogP contribution in [0, 0.1) is 107 Å². The zero-order chi connectivity index (χ0) is 39.9. The molecule has 6 aliphatic carbocycles. The molecular weight excluding hydrogens is 689 g/mol. The molecule has 4 bridgehead atoms. The van der Waals surface area contributed by atoms with Gasteiger partial charge in [-0.25, -0.2) is 0 Å². The molecule has 1 aliphatic heterocycles. The number of rotatable bonds is 14. The maximum absolute atomic E-state index is 12.3. The normalized spacial score (nSPS) is 43.7. The van der Waals surface area contributed by atoms with Crippen LogP contribution in [0.25, 0.3) is 0 Å². The number of hydrogen-bond donors (Lipinski definition) is 2. The van der Waals surface area contributed by atoms with Gasteiger partial charge in [0.05, 0.1) is 23.7 Å². The highest BCUT2D eigenvalue weighted by atomic mass is 16.6. The molecule has 0 aromatic heterocycles. The van der Waals surface area contributed by atoms with E-state index in [0.29, 0.717) is 30.1 Å². The number of fused-ring (bicyclic) bond motifs is 5. The van der Waals surface area contributed by atoms with Gasteiger partial charge in [0.15, 0.2) is 0 Å². The van der Waals surface area contributed by atoms with E-state index in [4.69, 9.17) is 4.74 Å². The highest BCUT2D eigenvalue weighted by molar-refractivity contribution is 5.97. The summed E-state index contributed by atoms with van der Waals surface area (Å²) in [4.78, 5) is 48.0. The molecule has 2 N–H and O–H groups in total. The van der Waals surface area contributed by atoms with Crippen molar-refractivity contribution in [3.8, 4) is 0 Å². The first kappa shape index (κ1) is 41.7. The Balaban J connectivity index is 0.000000187. The summed E-state index contributed by atoms with van der Waals surface area (Å²) in [6.45, 7) is 21.9. The number of carbonyl (C=O) groups is 4. The van der Waals surface area contributed by atoms with Crippen LogP contribution < -0.4 is 0 Å². The van der Waals surface area contributed by atoms with Gasteiger partial charge >= 0.3 is 23.9 Å². The lowest BCUT2D eigenvalue weighted by Gasteiger charge is -2.35. The third-order valence-electron chi connectivity index (χ3n) is 16.5. The van der Waals surface area contributed by atoms with Gasteiger partial charge in [0.25, 0.3) is 0 Å². The summed E-state index contributed by atoms with van der Waals surface area (Å²) in [5.41, 5.74) is 2.97. The van der Waals surface area contributed by atoms with Crippen LogP contribution in [0.5, 0.6) is 0 Å². The fourth-order valence-corrected chi connectivity index (χ4v) is 14.1. The molecule has 18 atom stereocenters. The van der Waals surface area contributed by atoms with Crippen molar-refractivity contribution in [2.75, 3.05) is 0 Å². The second-order valence-electron chi connectivity index (χ2n) is 19.3. The Morgan fingerprint density at radius 1 is 0.691 bits per heavy atom. The van der Waals surface area contributed by atoms with Gasteiger partial charge in [0.1, 0.15) is 0 Å². The second-order valence-corrected chi connectivity index (χ2v) is 19.3. The number of hydrogen-bond acceptors (Lipinski definition) is 5. The molecule has 0 aromatic rings. The summed E-state index contributed by atoms with van der Waals surface area (Å²) < 4.78 is 4.97. The molecule has 0 aromatic carbocycles. The van der Waals surface area contributed by atoms with E-state index in [0.717, 1.165) is 48.3 Å². The average molecular weight is 759 g/mol. The number of cyclic esters (lactones) is 2. The molecule has 7 rings (SSSR count). The molecule has 6 saturated carbocycles. The first-order valence-corrected chi connectivity index (χ1v) is 22.1. The van der Waals surface area contributed by atoms with E-state index < -0.39 is 23.8 Å². The van der Waals surface area contributed by atoms with Gasteiger partial charge in [0.2, 0.25) is 0 Å². The highest BCUT2D eigenvalue weighted by Crippen LogP contribution is 2.60. The van der Waals surface area contributed by atoms with Crippen LogP contribution >= 0.6 is 0 Å². The van der Waals surface area contributed by atoms with Gasteiger partial charge in [-0.05, 0) is 121 Å². The van der Waals surface area contributed by atoms with Crippen LogP contribution in [0.3, 0.4) is 0 Å². The highest BCUT2D eigenvalue weighted by Gasteiger charge is 2.57. The maximum Gasteiger partial charge on any atom is 0.318 e. The number of allylic oxidation sites excluding steroid dienone is 6. The van der Waals surface area contributed by atoms with E-state index in [1.54, 1.807) is 11.6 Å². The lowest BCUT2D eigenvalue weighted by atomic mass is 9.70. The van der Waals surface area contributed by atoms with Crippen LogP contribution in [0.4, 0.5) is 0 Å². The topological polar surface area (TPSA) is 118 Å². The van der Waals surface area contributed by atoms with Crippen molar-refractivity contribution in [2.45, 2.75) is 119 Å². The Bertz CT molecular complexity index is 1540. The summed E-state index contributed by atoms with van der Waals surface area (Å²) >= 11 is 0.